The number of benzene rings is 2. The molecule has 40 heavy (non-hydrogen) atoms. The monoisotopic (exact) mass is 568 g/mol. The molecule has 1 unspecified atom stereocenters. The lowest BCUT2D eigenvalue weighted by molar-refractivity contribution is -0.143. The summed E-state index contributed by atoms with van der Waals surface area (Å²) < 4.78 is 33.2. The number of aliphatic hydroxyl groups is 1. The number of anilines is 1. The first-order valence-electron chi connectivity index (χ1n) is 13.1. The Labute approximate surface area is 233 Å². The van der Waals surface area contributed by atoms with Gasteiger partial charge >= 0.3 is 0 Å². The number of para-hydroxylation sites is 1. The van der Waals surface area contributed by atoms with Gasteiger partial charge in [0.25, 0.3) is 17.6 Å². The first-order chi connectivity index (χ1) is 19.1. The number of amides is 2. The van der Waals surface area contributed by atoms with Crippen molar-refractivity contribution >= 4 is 39.1 Å². The lowest BCUT2D eigenvalue weighted by Gasteiger charge is -2.35. The zero-order chi connectivity index (χ0) is 28.8. The van der Waals surface area contributed by atoms with Crippen LogP contribution in [-0.2, 0) is 34.7 Å². The third-order valence-corrected chi connectivity index (χ3v) is 9.51. The van der Waals surface area contributed by atoms with Crippen molar-refractivity contribution in [2.24, 2.45) is 0 Å². The van der Waals surface area contributed by atoms with Gasteiger partial charge in [-0.05, 0) is 39.2 Å². The number of ketones is 1. The summed E-state index contributed by atoms with van der Waals surface area (Å²) in [6.45, 7) is 3.41. The topological polar surface area (TPSA) is 128 Å². The van der Waals surface area contributed by atoms with Crippen molar-refractivity contribution in [1.82, 2.24) is 14.1 Å². The maximum absolute atomic E-state index is 14.2. The molecule has 1 atom stereocenters. The summed E-state index contributed by atoms with van der Waals surface area (Å²) in [4.78, 5) is 46.0. The van der Waals surface area contributed by atoms with E-state index in [9.17, 15) is 27.9 Å². The van der Waals surface area contributed by atoms with Gasteiger partial charge in [-0.1, -0.05) is 30.3 Å². The van der Waals surface area contributed by atoms with Crippen molar-refractivity contribution in [1.29, 1.82) is 0 Å². The highest BCUT2D eigenvalue weighted by Gasteiger charge is 2.66. The summed E-state index contributed by atoms with van der Waals surface area (Å²) >= 11 is 0. The van der Waals surface area contributed by atoms with Gasteiger partial charge < -0.3 is 24.5 Å². The molecule has 2 amide bonds. The molecule has 11 nitrogen and oxygen atoms in total. The maximum atomic E-state index is 14.2. The highest BCUT2D eigenvalue weighted by Crippen LogP contribution is 2.53. The first kappa shape index (κ1) is 28.0. The van der Waals surface area contributed by atoms with Crippen LogP contribution in [0.1, 0.15) is 18.1 Å². The Hall–Kier alpha value is -3.58. The van der Waals surface area contributed by atoms with E-state index in [1.807, 2.05) is 19.0 Å². The summed E-state index contributed by atoms with van der Waals surface area (Å²) in [5, 5.41) is 11.7. The fourth-order valence-corrected chi connectivity index (χ4v) is 7.12. The molecular formula is C28H32N4O7S. The second-order valence-electron chi connectivity index (χ2n) is 10.1. The number of morpholine rings is 1. The van der Waals surface area contributed by atoms with Crippen LogP contribution in [0.25, 0.3) is 5.76 Å². The van der Waals surface area contributed by atoms with E-state index >= 15 is 0 Å². The van der Waals surface area contributed by atoms with Gasteiger partial charge in [0.2, 0.25) is 10.0 Å². The number of fused-ring (bicyclic) bond motifs is 2. The van der Waals surface area contributed by atoms with Crippen molar-refractivity contribution < 1.29 is 32.6 Å². The highest BCUT2D eigenvalue weighted by atomic mass is 32.2. The molecule has 212 valence electrons. The quantitative estimate of drug-likeness (QED) is 0.300. The molecule has 12 heteroatoms. The van der Waals surface area contributed by atoms with Gasteiger partial charge in [-0.25, -0.2) is 8.42 Å². The predicted octanol–water partition coefficient (Wildman–Crippen LogP) is 1.21. The molecule has 1 N–H and O–H groups in total. The average Bonchev–Trinajstić information content (AvgIpc) is 3.34. The zero-order valence-corrected chi connectivity index (χ0v) is 23.5. The normalized spacial score (nSPS) is 23.1. The molecule has 3 aliphatic rings. The minimum Gasteiger partial charge on any atom is -0.507 e. The molecule has 2 fully saturated rings. The number of Topliss-reactive ketones (excluding diaryl/α,β-unsaturated/α-hetero) is 1. The van der Waals surface area contributed by atoms with Crippen LogP contribution in [0.2, 0.25) is 0 Å². The number of sulfonamides is 1. The molecule has 2 aromatic carbocycles. The van der Waals surface area contributed by atoms with E-state index in [0.717, 1.165) is 0 Å². The van der Waals surface area contributed by atoms with E-state index in [2.05, 4.69) is 0 Å². The molecule has 0 radical (unpaired) electrons. The van der Waals surface area contributed by atoms with Crippen LogP contribution in [0.4, 0.5) is 5.69 Å². The van der Waals surface area contributed by atoms with Crippen molar-refractivity contribution in [2.75, 3.05) is 64.9 Å². The van der Waals surface area contributed by atoms with E-state index in [4.69, 9.17) is 4.74 Å². The van der Waals surface area contributed by atoms with E-state index in [0.29, 0.717) is 17.8 Å². The van der Waals surface area contributed by atoms with Crippen LogP contribution >= 0.6 is 0 Å². The van der Waals surface area contributed by atoms with Gasteiger partial charge in [0.1, 0.15) is 5.76 Å². The van der Waals surface area contributed by atoms with Crippen LogP contribution in [-0.4, -0.2) is 105 Å². The fraction of sp³-hybridized carbons (Fsp3) is 0.393. The lowest BCUT2D eigenvalue weighted by atomic mass is 9.82. The van der Waals surface area contributed by atoms with Crippen LogP contribution in [0.5, 0.6) is 0 Å². The predicted molar refractivity (Wildman–Crippen MR) is 147 cm³/mol. The number of ether oxygens (including phenoxy) is 1. The number of carbonyl (C=O) groups is 3. The Balaban J connectivity index is 1.72. The molecule has 0 saturated carbocycles. The molecular weight excluding hydrogens is 536 g/mol. The maximum Gasteiger partial charge on any atom is 0.296 e. The third kappa shape index (κ3) is 4.14. The standard InChI is InChI=1S/C28H32N4O7S/c1-4-31-22-11-6-5-10-21(22)28(27(31)36)23(25(34)26(35)32(28)13-12-29(2)3)24(33)19-8-7-9-20(18-19)40(37,38)30-14-16-39-17-15-30/h5-11,18,33H,4,12-17H2,1-3H3/b24-23-. The summed E-state index contributed by atoms with van der Waals surface area (Å²) in [5.41, 5.74) is -1.29. The van der Waals surface area contributed by atoms with Crippen molar-refractivity contribution in [2.45, 2.75) is 17.4 Å². The van der Waals surface area contributed by atoms with Crippen molar-refractivity contribution in [3.8, 4) is 0 Å². The third-order valence-electron chi connectivity index (χ3n) is 7.61. The molecule has 2 aromatic rings. The Morgan fingerprint density at radius 1 is 1.05 bits per heavy atom. The van der Waals surface area contributed by atoms with Gasteiger partial charge in [-0.3, -0.25) is 14.4 Å². The molecule has 1 spiro atoms. The number of carbonyl (C=O) groups excluding carboxylic acids is 3. The Bertz CT molecular complexity index is 1510. The summed E-state index contributed by atoms with van der Waals surface area (Å²) in [6.07, 6.45) is 0. The van der Waals surface area contributed by atoms with Crippen LogP contribution in [0.3, 0.4) is 0 Å². The fourth-order valence-electron chi connectivity index (χ4n) is 5.66. The zero-order valence-electron chi connectivity index (χ0n) is 22.7. The Morgan fingerprint density at radius 2 is 1.75 bits per heavy atom. The number of aliphatic hydroxyl groups excluding tert-OH is 1. The van der Waals surface area contributed by atoms with Gasteiger partial charge in [-0.15, -0.1) is 0 Å². The molecule has 3 aliphatic heterocycles. The average molecular weight is 569 g/mol. The van der Waals surface area contributed by atoms with E-state index in [1.165, 1.54) is 38.4 Å². The minimum absolute atomic E-state index is 0.0135. The van der Waals surface area contributed by atoms with Gasteiger partial charge in [0.05, 0.1) is 29.4 Å². The summed E-state index contributed by atoms with van der Waals surface area (Å²) in [5.74, 6) is -3.03. The first-order valence-corrected chi connectivity index (χ1v) is 14.5. The molecule has 5 rings (SSSR count). The minimum atomic E-state index is -3.92. The molecule has 2 saturated heterocycles. The van der Waals surface area contributed by atoms with Crippen LogP contribution in [0.15, 0.2) is 59.0 Å². The van der Waals surface area contributed by atoms with Gasteiger partial charge in [-0.2, -0.15) is 4.31 Å². The Morgan fingerprint density at radius 3 is 2.42 bits per heavy atom. The summed E-state index contributed by atoms with van der Waals surface area (Å²) in [7, 11) is -0.294. The number of likely N-dealkylation sites (tertiary alicyclic amines) is 1. The number of nitrogens with zero attached hydrogens (tertiary/aromatic N) is 4. The molecule has 0 aromatic heterocycles. The number of hydrogen-bond acceptors (Lipinski definition) is 8. The van der Waals surface area contributed by atoms with Crippen molar-refractivity contribution in [3.05, 3.63) is 65.2 Å². The lowest BCUT2D eigenvalue weighted by Crippen LogP contribution is -2.53. The number of likely N-dealkylation sites (N-methyl/N-ethyl adjacent to an activating group) is 2. The van der Waals surface area contributed by atoms with E-state index < -0.39 is 38.9 Å². The molecule has 0 aliphatic carbocycles. The SMILES string of the molecule is CCN1C(=O)C2(/C(=C(\O)c3cccc(S(=O)(=O)N4CCOCC4)c3)C(=O)C(=O)N2CCN(C)C)c2ccccc21. The van der Waals surface area contributed by atoms with Gasteiger partial charge in [0.15, 0.2) is 5.54 Å². The van der Waals surface area contributed by atoms with Gasteiger partial charge in [0, 0.05) is 43.9 Å². The Kier molecular flexibility index (Phi) is 7.29. The smallest absolute Gasteiger partial charge is 0.296 e. The number of rotatable bonds is 7. The largest absolute Gasteiger partial charge is 0.507 e. The van der Waals surface area contributed by atoms with Crippen LogP contribution < -0.4 is 4.90 Å². The van der Waals surface area contributed by atoms with Crippen molar-refractivity contribution in [3.63, 3.8) is 0 Å². The molecule has 0 bridgehead atoms. The highest BCUT2D eigenvalue weighted by molar-refractivity contribution is 7.89. The number of hydrogen-bond donors (Lipinski definition) is 1. The second-order valence-corrected chi connectivity index (χ2v) is 12.1. The molecule has 3 heterocycles. The second kappa shape index (κ2) is 10.4. The van der Waals surface area contributed by atoms with E-state index in [1.54, 1.807) is 31.2 Å². The summed E-state index contributed by atoms with van der Waals surface area (Å²) in [6, 6.07) is 12.5. The van der Waals surface area contributed by atoms with Crippen LogP contribution in [0, 0.1) is 0 Å². The van der Waals surface area contributed by atoms with E-state index in [-0.39, 0.29) is 55.4 Å².